The molecule has 3 rings (SSSR count). The second-order valence-electron chi connectivity index (χ2n) is 6.12. The second kappa shape index (κ2) is 6.51. The number of nitrogens with zero attached hydrogens (tertiary/aromatic N) is 1. The number of amides is 4. The Morgan fingerprint density at radius 3 is 2.75 bits per heavy atom. The molecule has 0 unspecified atom stereocenters. The van der Waals surface area contributed by atoms with Crippen LogP contribution in [0.5, 0.6) is 5.75 Å². The van der Waals surface area contributed by atoms with Crippen LogP contribution in [0, 0.1) is 0 Å². The Kier molecular flexibility index (Phi) is 4.42. The third-order valence-corrected chi connectivity index (χ3v) is 4.49. The van der Waals surface area contributed by atoms with Crippen LogP contribution in [0.4, 0.5) is 4.79 Å². The quantitative estimate of drug-likeness (QED) is 0.826. The highest BCUT2D eigenvalue weighted by Gasteiger charge is 2.52. The first-order chi connectivity index (χ1) is 11.6. The molecule has 7 nitrogen and oxygen atoms in total. The summed E-state index contributed by atoms with van der Waals surface area (Å²) in [4.78, 5) is 37.2. The van der Waals surface area contributed by atoms with E-state index in [2.05, 4.69) is 10.7 Å². The Hall–Kier alpha value is -2.57. The molecule has 128 valence electrons. The van der Waals surface area contributed by atoms with Crippen LogP contribution in [0.25, 0.3) is 0 Å². The van der Waals surface area contributed by atoms with Gasteiger partial charge in [-0.2, -0.15) is 5.01 Å². The predicted octanol–water partition coefficient (Wildman–Crippen LogP) is 1.98. The normalized spacial score (nSPS) is 19.3. The molecule has 2 aliphatic rings. The number of nitrogens with one attached hydrogen (secondary N) is 2. The first-order valence-electron chi connectivity index (χ1n) is 8.26. The van der Waals surface area contributed by atoms with Gasteiger partial charge in [-0.05, 0) is 38.0 Å². The summed E-state index contributed by atoms with van der Waals surface area (Å²) in [5.74, 6) is -0.333. The number of carbonyl (C=O) groups is 3. The molecule has 4 amide bonds. The van der Waals surface area contributed by atoms with Gasteiger partial charge in [0.1, 0.15) is 11.3 Å². The van der Waals surface area contributed by atoms with E-state index in [4.69, 9.17) is 4.74 Å². The van der Waals surface area contributed by atoms with Crippen LogP contribution >= 0.6 is 0 Å². The summed E-state index contributed by atoms with van der Waals surface area (Å²) in [6.07, 6.45) is 4.07. The number of urea groups is 1. The van der Waals surface area contributed by atoms with Crippen LogP contribution in [0.3, 0.4) is 0 Å². The predicted molar refractivity (Wildman–Crippen MR) is 86.3 cm³/mol. The molecule has 1 spiro atoms. The van der Waals surface area contributed by atoms with Gasteiger partial charge in [0.05, 0.1) is 6.61 Å². The van der Waals surface area contributed by atoms with E-state index in [1.807, 2.05) is 6.92 Å². The maximum Gasteiger partial charge on any atom is 0.344 e. The van der Waals surface area contributed by atoms with Crippen LogP contribution in [0.15, 0.2) is 24.3 Å². The fourth-order valence-corrected chi connectivity index (χ4v) is 3.28. The van der Waals surface area contributed by atoms with Crippen molar-refractivity contribution in [1.82, 2.24) is 15.8 Å². The highest BCUT2D eigenvalue weighted by atomic mass is 16.5. The molecule has 24 heavy (non-hydrogen) atoms. The first kappa shape index (κ1) is 16.3. The lowest BCUT2D eigenvalue weighted by Gasteiger charge is -2.30. The average Bonchev–Trinajstić information content (AvgIpc) is 2.80. The van der Waals surface area contributed by atoms with E-state index in [1.165, 1.54) is 0 Å². The van der Waals surface area contributed by atoms with Crippen molar-refractivity contribution in [2.75, 3.05) is 6.61 Å². The fourth-order valence-electron chi connectivity index (χ4n) is 3.28. The Balaban J connectivity index is 1.73. The number of hydrazine groups is 1. The van der Waals surface area contributed by atoms with E-state index in [0.29, 0.717) is 30.8 Å². The van der Waals surface area contributed by atoms with Gasteiger partial charge < -0.3 is 10.1 Å². The summed E-state index contributed by atoms with van der Waals surface area (Å²) in [6.45, 7) is 2.34. The van der Waals surface area contributed by atoms with E-state index in [9.17, 15) is 14.4 Å². The maximum absolute atomic E-state index is 12.6. The molecule has 0 bridgehead atoms. The van der Waals surface area contributed by atoms with Crippen molar-refractivity contribution in [2.45, 2.75) is 44.6 Å². The molecule has 0 aromatic heterocycles. The topological polar surface area (TPSA) is 87.7 Å². The molecule has 1 aromatic carbocycles. The molecule has 1 aliphatic carbocycles. The highest BCUT2D eigenvalue weighted by Crippen LogP contribution is 2.33. The number of imide groups is 1. The molecular formula is C17H21N3O4. The van der Waals surface area contributed by atoms with Gasteiger partial charge in [0, 0.05) is 5.56 Å². The summed E-state index contributed by atoms with van der Waals surface area (Å²) in [5, 5.41) is 3.56. The van der Waals surface area contributed by atoms with E-state index in [0.717, 1.165) is 24.3 Å². The van der Waals surface area contributed by atoms with Crippen molar-refractivity contribution in [3.8, 4) is 5.75 Å². The standard InChI is InChI=1S/C17H21N3O4/c1-2-24-13-8-6-7-12(11-13)14(21)19-20-15(22)17(18-16(20)23)9-4-3-5-10-17/h6-8,11H,2-5,9-10H2,1H3,(H,18,23)(H,19,21). The van der Waals surface area contributed by atoms with Gasteiger partial charge in [-0.3, -0.25) is 15.0 Å². The number of rotatable bonds is 4. The van der Waals surface area contributed by atoms with Gasteiger partial charge >= 0.3 is 6.03 Å². The van der Waals surface area contributed by atoms with Crippen molar-refractivity contribution in [3.63, 3.8) is 0 Å². The lowest BCUT2D eigenvalue weighted by atomic mass is 9.82. The van der Waals surface area contributed by atoms with E-state index >= 15 is 0 Å². The lowest BCUT2D eigenvalue weighted by molar-refractivity contribution is -0.134. The third-order valence-electron chi connectivity index (χ3n) is 4.49. The average molecular weight is 331 g/mol. The number of benzene rings is 1. The Labute approximate surface area is 140 Å². The van der Waals surface area contributed by atoms with E-state index < -0.39 is 17.5 Å². The van der Waals surface area contributed by atoms with Crippen molar-refractivity contribution in [2.24, 2.45) is 0 Å². The van der Waals surface area contributed by atoms with Gasteiger partial charge in [0.15, 0.2) is 0 Å². The number of carbonyl (C=O) groups excluding carboxylic acids is 3. The smallest absolute Gasteiger partial charge is 0.344 e. The van der Waals surface area contributed by atoms with Gasteiger partial charge in [0.2, 0.25) is 0 Å². The number of ether oxygens (including phenoxy) is 1. The fraction of sp³-hybridized carbons (Fsp3) is 0.471. The molecule has 1 aliphatic heterocycles. The van der Waals surface area contributed by atoms with Gasteiger partial charge in [-0.1, -0.05) is 25.3 Å². The van der Waals surface area contributed by atoms with Gasteiger partial charge in [-0.15, -0.1) is 0 Å². The SMILES string of the molecule is CCOc1cccc(C(=O)NN2C(=O)NC3(CCCCC3)C2=O)c1. The molecule has 1 aromatic rings. The molecule has 2 fully saturated rings. The van der Waals surface area contributed by atoms with Crippen LogP contribution in [0.1, 0.15) is 49.4 Å². The molecule has 0 radical (unpaired) electrons. The van der Waals surface area contributed by atoms with Crippen molar-refractivity contribution >= 4 is 17.8 Å². The molecule has 1 heterocycles. The zero-order valence-electron chi connectivity index (χ0n) is 13.6. The number of hydrogen-bond acceptors (Lipinski definition) is 4. The zero-order chi connectivity index (χ0) is 17.2. The lowest BCUT2D eigenvalue weighted by Crippen LogP contribution is -2.50. The number of hydrogen-bond donors (Lipinski definition) is 2. The van der Waals surface area contributed by atoms with Crippen molar-refractivity contribution in [3.05, 3.63) is 29.8 Å². The van der Waals surface area contributed by atoms with Crippen LogP contribution in [0.2, 0.25) is 0 Å². The van der Waals surface area contributed by atoms with Gasteiger partial charge in [-0.25, -0.2) is 4.79 Å². The largest absolute Gasteiger partial charge is 0.494 e. The Morgan fingerprint density at radius 2 is 2.04 bits per heavy atom. The molecule has 0 atom stereocenters. The summed E-state index contributed by atoms with van der Waals surface area (Å²) in [7, 11) is 0. The Morgan fingerprint density at radius 1 is 1.29 bits per heavy atom. The summed E-state index contributed by atoms with van der Waals surface area (Å²) >= 11 is 0. The molecule has 1 saturated heterocycles. The van der Waals surface area contributed by atoms with Gasteiger partial charge in [0.25, 0.3) is 11.8 Å². The molecular weight excluding hydrogens is 310 g/mol. The van der Waals surface area contributed by atoms with Crippen molar-refractivity contribution in [1.29, 1.82) is 0 Å². The van der Waals surface area contributed by atoms with Crippen molar-refractivity contribution < 1.29 is 19.1 Å². The molecule has 7 heteroatoms. The Bertz CT molecular complexity index is 668. The van der Waals surface area contributed by atoms with E-state index in [1.54, 1.807) is 24.3 Å². The summed E-state index contributed by atoms with van der Waals surface area (Å²) in [5.41, 5.74) is 1.89. The van der Waals surface area contributed by atoms with Crippen LogP contribution in [-0.2, 0) is 4.79 Å². The van der Waals surface area contributed by atoms with E-state index in [-0.39, 0.29) is 5.91 Å². The molecule has 2 N–H and O–H groups in total. The maximum atomic E-state index is 12.6. The highest BCUT2D eigenvalue weighted by molar-refractivity contribution is 6.09. The minimum atomic E-state index is -0.851. The minimum absolute atomic E-state index is 0.325. The summed E-state index contributed by atoms with van der Waals surface area (Å²) in [6, 6.07) is 6.04. The second-order valence-corrected chi connectivity index (χ2v) is 6.12. The molecule has 1 saturated carbocycles. The minimum Gasteiger partial charge on any atom is -0.494 e. The first-order valence-corrected chi connectivity index (χ1v) is 8.26. The van der Waals surface area contributed by atoms with Crippen LogP contribution in [-0.4, -0.2) is 35.0 Å². The summed E-state index contributed by atoms with van der Waals surface area (Å²) < 4.78 is 5.36. The van der Waals surface area contributed by atoms with Crippen LogP contribution < -0.4 is 15.5 Å². The third kappa shape index (κ3) is 2.93. The monoisotopic (exact) mass is 331 g/mol. The zero-order valence-corrected chi connectivity index (χ0v) is 13.6.